The summed E-state index contributed by atoms with van der Waals surface area (Å²) < 4.78 is 1.65. The lowest BCUT2D eigenvalue weighted by Crippen LogP contribution is -1.96. The molecule has 0 spiro atoms. The Bertz CT molecular complexity index is 912. The topological polar surface area (TPSA) is 42.2 Å². The molecule has 3 aromatic rings. The van der Waals surface area contributed by atoms with Gasteiger partial charge in [-0.25, -0.2) is 4.68 Å². The van der Waals surface area contributed by atoms with Gasteiger partial charge < -0.3 is 0 Å². The van der Waals surface area contributed by atoms with Gasteiger partial charge >= 0.3 is 0 Å². The number of hydrogen-bond donors (Lipinski definition) is 1. The summed E-state index contributed by atoms with van der Waals surface area (Å²) in [4.78, 5) is 0. The van der Waals surface area contributed by atoms with Crippen LogP contribution in [0.15, 0.2) is 47.6 Å². The fraction of sp³-hybridized carbons (Fsp3) is 0.0588. The highest BCUT2D eigenvalue weighted by Crippen LogP contribution is 2.33. The number of anilines is 1. The molecule has 25 heavy (non-hydrogen) atoms. The minimum atomic E-state index is 0.373. The van der Waals surface area contributed by atoms with Crippen LogP contribution in [0.25, 0.3) is 5.69 Å². The molecule has 0 fully saturated rings. The second-order valence-electron chi connectivity index (χ2n) is 5.15. The summed E-state index contributed by atoms with van der Waals surface area (Å²) in [6.07, 6.45) is 1.57. The smallest absolute Gasteiger partial charge is 0.142 e. The highest BCUT2D eigenvalue weighted by molar-refractivity contribution is 6.41. The van der Waals surface area contributed by atoms with Crippen LogP contribution < -0.4 is 5.43 Å². The minimum absolute atomic E-state index is 0.373. The first kappa shape index (κ1) is 18.1. The Labute approximate surface area is 165 Å². The van der Waals surface area contributed by atoms with E-state index in [1.54, 1.807) is 23.0 Å². The van der Waals surface area contributed by atoms with Crippen molar-refractivity contribution >= 4 is 58.3 Å². The van der Waals surface area contributed by atoms with E-state index < -0.39 is 0 Å². The van der Waals surface area contributed by atoms with E-state index in [1.807, 2.05) is 37.3 Å². The van der Waals surface area contributed by atoms with E-state index in [0.717, 1.165) is 11.4 Å². The lowest BCUT2D eigenvalue weighted by molar-refractivity contribution is 0.863. The third-order valence-corrected chi connectivity index (χ3v) is 4.60. The number of aryl methyl sites for hydroxylation is 1. The summed E-state index contributed by atoms with van der Waals surface area (Å²) in [6.45, 7) is 1.86. The van der Waals surface area contributed by atoms with Gasteiger partial charge in [0.15, 0.2) is 0 Å². The number of rotatable bonds is 4. The number of nitrogens with zero attached hydrogens (tertiary/aromatic N) is 3. The number of para-hydroxylation sites is 1. The average molecular weight is 414 g/mol. The molecule has 4 nitrogen and oxygen atoms in total. The molecule has 128 valence electrons. The van der Waals surface area contributed by atoms with Crippen molar-refractivity contribution in [1.29, 1.82) is 0 Å². The summed E-state index contributed by atoms with van der Waals surface area (Å²) in [5.74, 6) is 0. The molecule has 0 aliphatic rings. The van der Waals surface area contributed by atoms with Crippen LogP contribution in [0.1, 0.15) is 11.3 Å². The minimum Gasteiger partial charge on any atom is -0.275 e. The van der Waals surface area contributed by atoms with Crippen molar-refractivity contribution in [2.24, 2.45) is 5.10 Å². The van der Waals surface area contributed by atoms with E-state index in [-0.39, 0.29) is 0 Å². The first-order valence-electron chi connectivity index (χ1n) is 7.21. The third-order valence-electron chi connectivity index (χ3n) is 3.43. The molecule has 0 atom stereocenters. The van der Waals surface area contributed by atoms with Gasteiger partial charge in [0, 0.05) is 5.02 Å². The van der Waals surface area contributed by atoms with Crippen molar-refractivity contribution in [3.05, 3.63) is 73.9 Å². The fourth-order valence-electron chi connectivity index (χ4n) is 2.21. The highest BCUT2D eigenvalue weighted by atomic mass is 35.5. The maximum atomic E-state index is 6.44. The Kier molecular flexibility index (Phi) is 5.54. The lowest BCUT2D eigenvalue weighted by Gasteiger charge is -2.06. The zero-order valence-corrected chi connectivity index (χ0v) is 16.0. The van der Waals surface area contributed by atoms with Crippen molar-refractivity contribution in [1.82, 2.24) is 9.78 Å². The Morgan fingerprint density at radius 3 is 2.32 bits per heavy atom. The van der Waals surface area contributed by atoms with Crippen LogP contribution in [0.2, 0.25) is 20.2 Å². The van der Waals surface area contributed by atoms with Crippen LogP contribution in [0.4, 0.5) is 5.69 Å². The Balaban J connectivity index is 1.87. The van der Waals surface area contributed by atoms with Crippen molar-refractivity contribution in [3.63, 3.8) is 0 Å². The van der Waals surface area contributed by atoms with E-state index in [9.17, 15) is 0 Å². The SMILES string of the molecule is Cc1nn(-c2ccccc2)c(Cl)c1/C=N\Nc1c(Cl)cc(Cl)cc1Cl. The fourth-order valence-corrected chi connectivity index (χ4v) is 3.43. The maximum absolute atomic E-state index is 6.44. The number of hydrazone groups is 1. The summed E-state index contributed by atoms with van der Waals surface area (Å²) in [5, 5.41) is 10.3. The summed E-state index contributed by atoms with van der Waals surface area (Å²) in [6, 6.07) is 12.8. The van der Waals surface area contributed by atoms with Crippen molar-refractivity contribution in [2.75, 3.05) is 5.43 Å². The van der Waals surface area contributed by atoms with Gasteiger partial charge in [0.25, 0.3) is 0 Å². The first-order valence-corrected chi connectivity index (χ1v) is 8.72. The predicted octanol–water partition coefficient (Wildman–Crippen LogP) is 6.24. The molecule has 0 bridgehead atoms. The zero-order valence-electron chi connectivity index (χ0n) is 13.0. The molecule has 3 rings (SSSR count). The summed E-state index contributed by atoms with van der Waals surface area (Å²) in [7, 11) is 0. The molecular formula is C17H12Cl4N4. The largest absolute Gasteiger partial charge is 0.275 e. The lowest BCUT2D eigenvalue weighted by atomic mass is 10.3. The van der Waals surface area contributed by atoms with Crippen molar-refractivity contribution in [2.45, 2.75) is 6.92 Å². The molecule has 0 saturated carbocycles. The molecule has 2 aromatic carbocycles. The van der Waals surface area contributed by atoms with Crippen molar-refractivity contribution in [3.8, 4) is 5.69 Å². The van der Waals surface area contributed by atoms with Crippen LogP contribution in [-0.2, 0) is 0 Å². The van der Waals surface area contributed by atoms with Gasteiger partial charge in [-0.15, -0.1) is 0 Å². The van der Waals surface area contributed by atoms with Gasteiger partial charge in [-0.3, -0.25) is 5.43 Å². The summed E-state index contributed by atoms with van der Waals surface area (Å²) in [5.41, 5.74) is 5.58. The molecule has 1 aromatic heterocycles. The van der Waals surface area contributed by atoms with Gasteiger partial charge in [-0.05, 0) is 31.2 Å². The highest BCUT2D eigenvalue weighted by Gasteiger charge is 2.13. The van der Waals surface area contributed by atoms with E-state index in [1.165, 1.54) is 0 Å². The first-order chi connectivity index (χ1) is 12.0. The third kappa shape index (κ3) is 3.93. The van der Waals surface area contributed by atoms with Crippen LogP contribution >= 0.6 is 46.4 Å². The van der Waals surface area contributed by atoms with Gasteiger partial charge in [-0.2, -0.15) is 10.2 Å². The number of halogens is 4. The van der Waals surface area contributed by atoms with Gasteiger partial charge in [0.1, 0.15) is 5.15 Å². The normalized spacial score (nSPS) is 11.2. The quantitative estimate of drug-likeness (QED) is 0.406. The standard InChI is InChI=1S/C17H12Cl4N4/c1-10-13(17(21)25(24-10)12-5-3-2-4-6-12)9-22-23-16-14(19)7-11(18)8-15(16)20/h2-9,23H,1H3/b22-9-. The number of aromatic nitrogens is 2. The molecule has 1 N–H and O–H groups in total. The number of benzene rings is 2. The molecule has 0 amide bonds. The van der Waals surface area contributed by atoms with E-state index in [2.05, 4.69) is 15.6 Å². The molecule has 0 aliphatic heterocycles. The van der Waals surface area contributed by atoms with Crippen molar-refractivity contribution < 1.29 is 0 Å². The second-order valence-corrected chi connectivity index (χ2v) is 6.76. The van der Waals surface area contributed by atoms with E-state index >= 15 is 0 Å². The zero-order chi connectivity index (χ0) is 18.0. The Hall–Kier alpha value is -1.72. The van der Waals surface area contributed by atoms with Crippen LogP contribution in [-0.4, -0.2) is 16.0 Å². The summed E-state index contributed by atoms with van der Waals surface area (Å²) >= 11 is 24.6. The van der Waals surface area contributed by atoms with E-state index in [0.29, 0.717) is 31.5 Å². The van der Waals surface area contributed by atoms with Crippen LogP contribution in [0.5, 0.6) is 0 Å². The monoisotopic (exact) mass is 412 g/mol. The average Bonchev–Trinajstić information content (AvgIpc) is 2.85. The number of nitrogens with one attached hydrogen (secondary N) is 1. The molecular weight excluding hydrogens is 402 g/mol. The molecule has 0 unspecified atom stereocenters. The molecule has 0 radical (unpaired) electrons. The van der Waals surface area contributed by atoms with Gasteiger partial charge in [-0.1, -0.05) is 64.6 Å². The Morgan fingerprint density at radius 2 is 1.68 bits per heavy atom. The maximum Gasteiger partial charge on any atom is 0.142 e. The molecule has 1 heterocycles. The predicted molar refractivity (Wildman–Crippen MR) is 106 cm³/mol. The van der Waals surface area contributed by atoms with Crippen LogP contribution in [0, 0.1) is 6.92 Å². The second kappa shape index (κ2) is 7.67. The number of hydrogen-bond acceptors (Lipinski definition) is 3. The van der Waals surface area contributed by atoms with Gasteiger partial charge in [0.2, 0.25) is 0 Å². The molecule has 8 heteroatoms. The van der Waals surface area contributed by atoms with Gasteiger partial charge in [0.05, 0.1) is 38.9 Å². The molecule has 0 aliphatic carbocycles. The Morgan fingerprint density at radius 1 is 1.04 bits per heavy atom. The molecule has 0 saturated heterocycles. The van der Waals surface area contributed by atoms with Crippen LogP contribution in [0.3, 0.4) is 0 Å². The van der Waals surface area contributed by atoms with E-state index in [4.69, 9.17) is 46.4 Å².